The molecule has 1 heterocycles. The van der Waals surface area contributed by atoms with Crippen LogP contribution in [0.25, 0.3) is 0 Å². The second-order valence-corrected chi connectivity index (χ2v) is 5.24. The molecule has 0 amide bonds. The lowest BCUT2D eigenvalue weighted by Crippen LogP contribution is -2.24. The predicted octanol–water partition coefficient (Wildman–Crippen LogP) is 5.08. The highest BCUT2D eigenvalue weighted by molar-refractivity contribution is 6.43. The van der Waals surface area contributed by atoms with E-state index >= 15 is 0 Å². The number of nitrogens with zero attached hydrogens (tertiary/aromatic N) is 1. The summed E-state index contributed by atoms with van der Waals surface area (Å²) in [5.74, 6) is 0. The Hall–Kier alpha value is -1.18. The first-order valence-electron chi connectivity index (χ1n) is 6.07. The number of para-hydroxylation sites is 1. The zero-order chi connectivity index (χ0) is 12.5. The zero-order valence-corrected chi connectivity index (χ0v) is 11.4. The standard InChI is InChI=1S/C15H13Cl2N/c16-12-7-3-9-14(15(12)17)18-10-4-6-11-5-1-2-8-13(11)18/h1-3,5,7-9H,4,6,10H2. The SMILES string of the molecule is Clc1cccc(N2CCCc3ccccc32)c1Cl. The van der Waals surface area contributed by atoms with Gasteiger partial charge in [0.05, 0.1) is 15.7 Å². The number of hydrogen-bond donors (Lipinski definition) is 0. The third kappa shape index (κ3) is 1.98. The van der Waals surface area contributed by atoms with Crippen LogP contribution < -0.4 is 4.90 Å². The summed E-state index contributed by atoms with van der Waals surface area (Å²) in [6.07, 6.45) is 2.27. The Kier molecular flexibility index (Phi) is 3.19. The first-order valence-corrected chi connectivity index (χ1v) is 6.82. The van der Waals surface area contributed by atoms with Crippen LogP contribution in [0.5, 0.6) is 0 Å². The van der Waals surface area contributed by atoms with E-state index < -0.39 is 0 Å². The van der Waals surface area contributed by atoms with Gasteiger partial charge in [0.1, 0.15) is 0 Å². The van der Waals surface area contributed by atoms with E-state index in [2.05, 4.69) is 29.2 Å². The molecule has 3 heteroatoms. The van der Waals surface area contributed by atoms with Crippen LogP contribution in [0, 0.1) is 0 Å². The Bertz CT molecular complexity index is 580. The van der Waals surface area contributed by atoms with Gasteiger partial charge in [-0.25, -0.2) is 0 Å². The lowest BCUT2D eigenvalue weighted by Gasteiger charge is -2.32. The minimum absolute atomic E-state index is 0.609. The van der Waals surface area contributed by atoms with Crippen molar-refractivity contribution in [3.8, 4) is 0 Å². The van der Waals surface area contributed by atoms with E-state index in [0.717, 1.165) is 25.1 Å². The van der Waals surface area contributed by atoms with E-state index in [1.807, 2.05) is 18.2 Å². The highest BCUT2D eigenvalue weighted by Gasteiger charge is 2.20. The molecule has 2 aromatic rings. The van der Waals surface area contributed by atoms with Gasteiger partial charge in [-0.1, -0.05) is 47.5 Å². The van der Waals surface area contributed by atoms with Gasteiger partial charge in [-0.05, 0) is 36.6 Å². The van der Waals surface area contributed by atoms with Gasteiger partial charge in [0, 0.05) is 12.2 Å². The lowest BCUT2D eigenvalue weighted by molar-refractivity contribution is 0.767. The van der Waals surface area contributed by atoms with E-state index in [-0.39, 0.29) is 0 Å². The van der Waals surface area contributed by atoms with Gasteiger partial charge in [-0.3, -0.25) is 0 Å². The molecule has 0 aromatic heterocycles. The van der Waals surface area contributed by atoms with Gasteiger partial charge < -0.3 is 4.90 Å². The molecule has 2 aromatic carbocycles. The van der Waals surface area contributed by atoms with E-state index in [1.54, 1.807) is 0 Å². The molecule has 18 heavy (non-hydrogen) atoms. The van der Waals surface area contributed by atoms with Crippen LogP contribution in [0.2, 0.25) is 10.0 Å². The fraction of sp³-hybridized carbons (Fsp3) is 0.200. The van der Waals surface area contributed by atoms with Crippen LogP contribution >= 0.6 is 23.2 Å². The van der Waals surface area contributed by atoms with Crippen LogP contribution in [0.3, 0.4) is 0 Å². The lowest BCUT2D eigenvalue weighted by atomic mass is 10.0. The predicted molar refractivity (Wildman–Crippen MR) is 78.2 cm³/mol. The number of aryl methyl sites for hydroxylation is 1. The van der Waals surface area contributed by atoms with Crippen molar-refractivity contribution < 1.29 is 0 Å². The highest BCUT2D eigenvalue weighted by atomic mass is 35.5. The summed E-state index contributed by atoms with van der Waals surface area (Å²) >= 11 is 12.4. The molecule has 3 rings (SSSR count). The minimum atomic E-state index is 0.609. The quantitative estimate of drug-likeness (QED) is 0.703. The van der Waals surface area contributed by atoms with Crippen LogP contribution in [0.1, 0.15) is 12.0 Å². The third-order valence-electron chi connectivity index (χ3n) is 3.33. The molecule has 1 aliphatic rings. The van der Waals surface area contributed by atoms with Crippen molar-refractivity contribution in [1.82, 2.24) is 0 Å². The zero-order valence-electron chi connectivity index (χ0n) is 9.87. The number of rotatable bonds is 1. The molecule has 0 N–H and O–H groups in total. The number of benzene rings is 2. The second-order valence-electron chi connectivity index (χ2n) is 4.46. The molecule has 0 bridgehead atoms. The summed E-state index contributed by atoms with van der Waals surface area (Å²) in [7, 11) is 0. The molecule has 92 valence electrons. The summed E-state index contributed by atoms with van der Waals surface area (Å²) < 4.78 is 0. The molecule has 0 unspecified atom stereocenters. The Balaban J connectivity index is 2.11. The fourth-order valence-corrected chi connectivity index (χ4v) is 2.88. The first-order chi connectivity index (χ1) is 8.77. The van der Waals surface area contributed by atoms with E-state index in [1.165, 1.54) is 11.3 Å². The Morgan fingerprint density at radius 2 is 1.67 bits per heavy atom. The third-order valence-corrected chi connectivity index (χ3v) is 4.14. The Labute approximate surface area is 117 Å². The molecular formula is C15H13Cl2N. The van der Waals surface area contributed by atoms with Crippen LogP contribution in [-0.2, 0) is 6.42 Å². The summed E-state index contributed by atoms with van der Waals surface area (Å²) in [4.78, 5) is 2.26. The normalized spacial score (nSPS) is 14.4. The maximum Gasteiger partial charge on any atom is 0.0829 e. The van der Waals surface area contributed by atoms with Gasteiger partial charge in [-0.2, -0.15) is 0 Å². The number of hydrogen-bond acceptors (Lipinski definition) is 1. The van der Waals surface area contributed by atoms with Crippen LogP contribution in [-0.4, -0.2) is 6.54 Å². The average Bonchev–Trinajstić information content (AvgIpc) is 2.41. The molecule has 0 saturated heterocycles. The van der Waals surface area contributed by atoms with Crippen molar-refractivity contribution in [3.05, 3.63) is 58.1 Å². The molecular weight excluding hydrogens is 265 g/mol. The van der Waals surface area contributed by atoms with Crippen LogP contribution in [0.4, 0.5) is 11.4 Å². The largest absolute Gasteiger partial charge is 0.340 e. The molecule has 0 radical (unpaired) electrons. The molecule has 0 atom stereocenters. The summed E-state index contributed by atoms with van der Waals surface area (Å²) in [5.41, 5.74) is 3.61. The topological polar surface area (TPSA) is 3.24 Å². The minimum Gasteiger partial charge on any atom is -0.340 e. The van der Waals surface area contributed by atoms with Crippen molar-refractivity contribution in [2.24, 2.45) is 0 Å². The monoisotopic (exact) mass is 277 g/mol. The van der Waals surface area contributed by atoms with Crippen molar-refractivity contribution in [2.45, 2.75) is 12.8 Å². The van der Waals surface area contributed by atoms with E-state index in [4.69, 9.17) is 23.2 Å². The maximum absolute atomic E-state index is 6.32. The first kappa shape index (κ1) is 11.9. The van der Waals surface area contributed by atoms with Crippen molar-refractivity contribution in [1.29, 1.82) is 0 Å². The smallest absolute Gasteiger partial charge is 0.0829 e. The van der Waals surface area contributed by atoms with Gasteiger partial charge in [0.15, 0.2) is 0 Å². The van der Waals surface area contributed by atoms with Crippen molar-refractivity contribution in [2.75, 3.05) is 11.4 Å². The molecule has 1 nitrogen and oxygen atoms in total. The van der Waals surface area contributed by atoms with E-state index in [0.29, 0.717) is 10.0 Å². The number of fused-ring (bicyclic) bond motifs is 1. The average molecular weight is 278 g/mol. The van der Waals surface area contributed by atoms with Crippen LogP contribution in [0.15, 0.2) is 42.5 Å². The highest BCUT2D eigenvalue weighted by Crippen LogP contribution is 2.39. The maximum atomic E-state index is 6.32. The van der Waals surface area contributed by atoms with Crippen molar-refractivity contribution >= 4 is 34.6 Å². The van der Waals surface area contributed by atoms with Gasteiger partial charge in [0.2, 0.25) is 0 Å². The van der Waals surface area contributed by atoms with Gasteiger partial charge in [-0.15, -0.1) is 0 Å². The van der Waals surface area contributed by atoms with Gasteiger partial charge in [0.25, 0.3) is 0 Å². The Morgan fingerprint density at radius 1 is 0.889 bits per heavy atom. The summed E-state index contributed by atoms with van der Waals surface area (Å²) in [6.45, 7) is 0.983. The molecule has 0 aliphatic carbocycles. The summed E-state index contributed by atoms with van der Waals surface area (Å²) in [5, 5.41) is 1.24. The van der Waals surface area contributed by atoms with Gasteiger partial charge >= 0.3 is 0 Å². The molecule has 1 aliphatic heterocycles. The number of anilines is 2. The fourth-order valence-electron chi connectivity index (χ4n) is 2.48. The second kappa shape index (κ2) is 4.83. The molecule has 0 saturated carbocycles. The van der Waals surface area contributed by atoms with Crippen molar-refractivity contribution in [3.63, 3.8) is 0 Å². The Morgan fingerprint density at radius 3 is 2.56 bits per heavy atom. The molecule has 0 fully saturated rings. The number of halogens is 2. The van der Waals surface area contributed by atoms with E-state index in [9.17, 15) is 0 Å². The summed E-state index contributed by atoms with van der Waals surface area (Å²) in [6, 6.07) is 14.3. The molecule has 0 spiro atoms.